The van der Waals surface area contributed by atoms with Crippen LogP contribution in [0.5, 0.6) is 0 Å². The number of aromatic nitrogens is 1. The molecule has 1 unspecified atom stereocenters. The van der Waals surface area contributed by atoms with Gasteiger partial charge in [0.2, 0.25) is 0 Å². The fourth-order valence-corrected chi connectivity index (χ4v) is 1.19. The summed E-state index contributed by atoms with van der Waals surface area (Å²) in [4.78, 5) is 19.4. The number of nitrogens with one attached hydrogen (secondary N) is 1. The summed E-state index contributed by atoms with van der Waals surface area (Å²) >= 11 is 0. The number of rotatable bonds is 3. The van der Waals surface area contributed by atoms with Gasteiger partial charge in [0.1, 0.15) is 6.04 Å². The van der Waals surface area contributed by atoms with Gasteiger partial charge in [-0.3, -0.25) is 14.8 Å². The Kier molecular flexibility index (Phi) is 3.18. The maximum Gasteiger partial charge on any atom is 0.271 e. The molecule has 1 aliphatic heterocycles. The third kappa shape index (κ3) is 2.60. The van der Waals surface area contributed by atoms with Gasteiger partial charge in [0.05, 0.1) is 6.21 Å². The monoisotopic (exact) mass is 214 g/mol. The number of pyridine rings is 1. The van der Waals surface area contributed by atoms with Crippen LogP contribution in [-0.4, -0.2) is 29.4 Å². The van der Waals surface area contributed by atoms with Crippen molar-refractivity contribution in [3.8, 4) is 0 Å². The molecule has 80 valence electrons. The van der Waals surface area contributed by atoms with Crippen molar-refractivity contribution in [3.63, 3.8) is 0 Å². The van der Waals surface area contributed by atoms with E-state index in [9.17, 15) is 4.79 Å². The number of allylic oxidation sites excluding steroid dienone is 1. The minimum atomic E-state index is -0.260. The van der Waals surface area contributed by atoms with E-state index in [0.717, 1.165) is 0 Å². The van der Waals surface area contributed by atoms with Crippen LogP contribution < -0.4 is 5.43 Å². The number of hydrogen-bond donors (Lipinski definition) is 1. The fourth-order valence-electron chi connectivity index (χ4n) is 1.19. The van der Waals surface area contributed by atoms with E-state index < -0.39 is 0 Å². The molecule has 0 bridgehead atoms. The second-order valence-corrected chi connectivity index (χ2v) is 3.13. The Morgan fingerprint density at radius 1 is 1.44 bits per heavy atom. The van der Waals surface area contributed by atoms with Gasteiger partial charge < -0.3 is 0 Å². The van der Waals surface area contributed by atoms with Crippen molar-refractivity contribution < 1.29 is 4.79 Å². The van der Waals surface area contributed by atoms with Gasteiger partial charge in [0.15, 0.2) is 0 Å². The summed E-state index contributed by atoms with van der Waals surface area (Å²) in [6, 6.07) is 3.18. The van der Waals surface area contributed by atoms with Crippen LogP contribution in [-0.2, 0) is 0 Å². The molecule has 16 heavy (non-hydrogen) atoms. The molecule has 2 rings (SSSR count). The second-order valence-electron chi connectivity index (χ2n) is 3.13. The fraction of sp³-hybridized carbons (Fsp3) is 0.0909. The molecule has 5 nitrogen and oxygen atoms in total. The van der Waals surface area contributed by atoms with Gasteiger partial charge in [0.25, 0.3) is 5.91 Å². The number of amides is 1. The van der Waals surface area contributed by atoms with E-state index in [2.05, 4.69) is 20.5 Å². The van der Waals surface area contributed by atoms with E-state index in [1.54, 1.807) is 37.0 Å². The van der Waals surface area contributed by atoms with Crippen LogP contribution in [0.3, 0.4) is 0 Å². The third-order valence-electron chi connectivity index (χ3n) is 1.99. The zero-order valence-electron chi connectivity index (χ0n) is 8.45. The van der Waals surface area contributed by atoms with Crippen molar-refractivity contribution >= 4 is 18.3 Å². The Morgan fingerprint density at radius 2 is 2.25 bits per heavy atom. The lowest BCUT2D eigenvalue weighted by Gasteiger charge is -1.99. The summed E-state index contributed by atoms with van der Waals surface area (Å²) < 4.78 is 0. The van der Waals surface area contributed by atoms with Crippen molar-refractivity contribution in [2.24, 2.45) is 10.1 Å². The first-order valence-corrected chi connectivity index (χ1v) is 4.80. The number of carbonyl (C=O) groups excluding carboxylic acids is 1. The van der Waals surface area contributed by atoms with Gasteiger partial charge in [-0.05, 0) is 18.2 Å². The number of aliphatic imine (C=N–C) groups is 1. The highest BCUT2D eigenvalue weighted by Gasteiger charge is 2.03. The maximum absolute atomic E-state index is 11.5. The van der Waals surface area contributed by atoms with Crippen LogP contribution in [0.15, 0.2) is 46.8 Å². The molecule has 1 aliphatic rings. The average molecular weight is 214 g/mol. The first-order valence-electron chi connectivity index (χ1n) is 4.80. The van der Waals surface area contributed by atoms with Gasteiger partial charge in [-0.25, -0.2) is 5.43 Å². The first-order chi connectivity index (χ1) is 7.86. The highest BCUT2D eigenvalue weighted by atomic mass is 16.2. The highest BCUT2D eigenvalue weighted by molar-refractivity contribution is 5.94. The molecule has 0 aromatic carbocycles. The molecular formula is C11H10N4O. The van der Waals surface area contributed by atoms with Crippen LogP contribution in [0, 0.1) is 0 Å². The van der Waals surface area contributed by atoms with E-state index in [4.69, 9.17) is 0 Å². The summed E-state index contributed by atoms with van der Waals surface area (Å²) in [5, 5.41) is 3.82. The summed E-state index contributed by atoms with van der Waals surface area (Å²) in [7, 11) is 0. The Morgan fingerprint density at radius 3 is 2.94 bits per heavy atom. The molecule has 5 heteroatoms. The van der Waals surface area contributed by atoms with Crippen LogP contribution in [0.25, 0.3) is 0 Å². The molecule has 0 saturated carbocycles. The smallest absolute Gasteiger partial charge is 0.271 e. The molecular weight excluding hydrogens is 204 g/mol. The summed E-state index contributed by atoms with van der Waals surface area (Å²) in [6.45, 7) is 0. The number of hydrazone groups is 1. The standard InChI is InChI=1S/C11H10N4O/c16-11(9-3-6-12-7-4-9)15-14-8-10-2-1-5-13-10/h1-8,10H,(H,15,16). The molecule has 1 aromatic rings. The lowest BCUT2D eigenvalue weighted by molar-refractivity contribution is 0.0955. The normalized spacial score (nSPS) is 18.1. The minimum Gasteiger partial charge on any atom is -0.280 e. The van der Waals surface area contributed by atoms with Crippen LogP contribution >= 0.6 is 0 Å². The zero-order valence-corrected chi connectivity index (χ0v) is 8.45. The molecule has 0 radical (unpaired) electrons. The van der Waals surface area contributed by atoms with E-state index in [1.807, 2.05) is 12.2 Å². The van der Waals surface area contributed by atoms with Gasteiger partial charge in [-0.1, -0.05) is 6.08 Å². The molecule has 0 saturated heterocycles. The SMILES string of the molecule is O=C(NN=CC1C=CC=N1)c1ccncc1. The Bertz CT molecular complexity index is 438. The summed E-state index contributed by atoms with van der Waals surface area (Å²) in [6.07, 6.45) is 10.1. The van der Waals surface area contributed by atoms with E-state index in [1.165, 1.54) is 0 Å². The maximum atomic E-state index is 11.5. The zero-order chi connectivity index (χ0) is 11.2. The Balaban J connectivity index is 1.89. The van der Waals surface area contributed by atoms with Crippen molar-refractivity contribution in [2.45, 2.75) is 6.04 Å². The van der Waals surface area contributed by atoms with Crippen molar-refractivity contribution in [1.29, 1.82) is 0 Å². The number of hydrogen-bond acceptors (Lipinski definition) is 4. The molecule has 1 atom stereocenters. The largest absolute Gasteiger partial charge is 0.280 e. The molecule has 1 aromatic heterocycles. The quantitative estimate of drug-likeness (QED) is 0.597. The molecule has 0 aliphatic carbocycles. The number of nitrogens with zero attached hydrogens (tertiary/aromatic N) is 3. The molecule has 0 spiro atoms. The predicted molar refractivity (Wildman–Crippen MR) is 61.6 cm³/mol. The lowest BCUT2D eigenvalue weighted by atomic mass is 10.3. The lowest BCUT2D eigenvalue weighted by Crippen LogP contribution is -2.18. The van der Waals surface area contributed by atoms with Crippen LogP contribution in [0.1, 0.15) is 10.4 Å². The topological polar surface area (TPSA) is 66.7 Å². The Hall–Kier alpha value is -2.30. The van der Waals surface area contributed by atoms with Gasteiger partial charge >= 0.3 is 0 Å². The van der Waals surface area contributed by atoms with Crippen LogP contribution in [0.2, 0.25) is 0 Å². The minimum absolute atomic E-state index is 0.0715. The van der Waals surface area contributed by atoms with E-state index in [0.29, 0.717) is 5.56 Å². The van der Waals surface area contributed by atoms with E-state index in [-0.39, 0.29) is 11.9 Å². The second kappa shape index (κ2) is 4.97. The highest BCUT2D eigenvalue weighted by Crippen LogP contribution is 1.97. The Labute approximate surface area is 92.6 Å². The number of carbonyl (C=O) groups is 1. The molecule has 2 heterocycles. The predicted octanol–water partition coefficient (Wildman–Crippen LogP) is 0.806. The van der Waals surface area contributed by atoms with Gasteiger partial charge in [-0.15, -0.1) is 0 Å². The third-order valence-corrected chi connectivity index (χ3v) is 1.99. The van der Waals surface area contributed by atoms with Crippen molar-refractivity contribution in [2.75, 3.05) is 0 Å². The molecule has 0 fully saturated rings. The van der Waals surface area contributed by atoms with Crippen molar-refractivity contribution in [3.05, 3.63) is 42.2 Å². The summed E-state index contributed by atoms with van der Waals surface area (Å²) in [5.41, 5.74) is 2.95. The van der Waals surface area contributed by atoms with E-state index >= 15 is 0 Å². The van der Waals surface area contributed by atoms with Crippen LogP contribution in [0.4, 0.5) is 0 Å². The van der Waals surface area contributed by atoms with Crippen molar-refractivity contribution in [1.82, 2.24) is 10.4 Å². The first kappa shape index (κ1) is 10.2. The van der Waals surface area contributed by atoms with Gasteiger partial charge in [-0.2, -0.15) is 5.10 Å². The summed E-state index contributed by atoms with van der Waals surface area (Å²) in [5.74, 6) is -0.260. The van der Waals surface area contributed by atoms with Gasteiger partial charge in [0, 0.05) is 24.2 Å². The average Bonchev–Trinajstić information content (AvgIpc) is 2.83. The molecule has 1 N–H and O–H groups in total. The molecule has 1 amide bonds.